The molecule has 3 aromatic rings. The Morgan fingerprint density at radius 1 is 1.24 bits per heavy atom. The van der Waals surface area contributed by atoms with Crippen molar-refractivity contribution in [3.63, 3.8) is 0 Å². The normalized spacial score (nSPS) is 13.8. The van der Waals surface area contributed by atoms with Gasteiger partial charge in [0.1, 0.15) is 0 Å². The fourth-order valence-electron chi connectivity index (χ4n) is 3.25. The third kappa shape index (κ3) is 1.95. The van der Waals surface area contributed by atoms with Crippen LogP contribution >= 0.6 is 11.3 Å². The molecule has 106 valence electrons. The number of carbonyl (C=O) groups excluding carboxylic acids is 1. The summed E-state index contributed by atoms with van der Waals surface area (Å²) in [7, 11) is 2.01. The van der Waals surface area contributed by atoms with Crippen molar-refractivity contribution in [2.45, 2.75) is 26.2 Å². The lowest BCUT2D eigenvalue weighted by molar-refractivity contribution is 0.104. The van der Waals surface area contributed by atoms with Gasteiger partial charge in [0.25, 0.3) is 0 Å². The van der Waals surface area contributed by atoms with Crippen molar-refractivity contribution in [2.75, 3.05) is 0 Å². The van der Waals surface area contributed by atoms with Crippen LogP contribution in [0.15, 0.2) is 30.5 Å². The smallest absolute Gasteiger partial charge is 0.205 e. The van der Waals surface area contributed by atoms with Gasteiger partial charge < -0.3 is 4.57 Å². The fraction of sp³-hybridized carbons (Fsp3) is 0.278. The first kappa shape index (κ1) is 12.8. The maximum Gasteiger partial charge on any atom is 0.205 e. The molecule has 2 aromatic heterocycles. The van der Waals surface area contributed by atoms with E-state index in [-0.39, 0.29) is 5.78 Å². The van der Waals surface area contributed by atoms with Crippen molar-refractivity contribution in [1.29, 1.82) is 0 Å². The summed E-state index contributed by atoms with van der Waals surface area (Å²) in [5.74, 6) is 0.170. The molecule has 1 aromatic carbocycles. The second-order valence-corrected chi connectivity index (χ2v) is 7.05. The molecule has 0 fully saturated rings. The molecule has 0 N–H and O–H groups in total. The summed E-state index contributed by atoms with van der Waals surface area (Å²) in [4.78, 5) is 15.2. The Morgan fingerprint density at radius 3 is 2.90 bits per heavy atom. The lowest BCUT2D eigenvalue weighted by Gasteiger charge is -1.98. The van der Waals surface area contributed by atoms with Gasteiger partial charge in [0.2, 0.25) is 5.78 Å². The van der Waals surface area contributed by atoms with E-state index in [2.05, 4.69) is 35.8 Å². The topological polar surface area (TPSA) is 22.0 Å². The Bertz CT molecular complexity index is 847. The van der Waals surface area contributed by atoms with Crippen molar-refractivity contribution in [3.8, 4) is 0 Å². The Kier molecular flexibility index (Phi) is 2.79. The van der Waals surface area contributed by atoms with E-state index in [0.29, 0.717) is 0 Å². The molecule has 3 heteroatoms. The number of aromatic nitrogens is 1. The summed E-state index contributed by atoms with van der Waals surface area (Å²) < 4.78 is 2.05. The average molecular weight is 295 g/mol. The highest BCUT2D eigenvalue weighted by Crippen LogP contribution is 2.33. The first-order chi connectivity index (χ1) is 10.1. The molecule has 1 aliphatic carbocycles. The van der Waals surface area contributed by atoms with Crippen molar-refractivity contribution in [1.82, 2.24) is 4.57 Å². The Balaban J connectivity index is 1.83. The Morgan fingerprint density at radius 2 is 2.10 bits per heavy atom. The predicted molar refractivity (Wildman–Crippen MR) is 87.4 cm³/mol. The van der Waals surface area contributed by atoms with E-state index in [1.54, 1.807) is 11.3 Å². The fourth-order valence-corrected chi connectivity index (χ4v) is 4.46. The number of thiophene rings is 1. The number of aryl methyl sites for hydroxylation is 4. The van der Waals surface area contributed by atoms with Crippen molar-refractivity contribution < 1.29 is 4.79 Å². The zero-order chi connectivity index (χ0) is 14.6. The minimum atomic E-state index is 0.170. The maximum absolute atomic E-state index is 12.9. The van der Waals surface area contributed by atoms with Gasteiger partial charge in [-0.2, -0.15) is 0 Å². The van der Waals surface area contributed by atoms with E-state index in [1.165, 1.54) is 22.4 Å². The van der Waals surface area contributed by atoms with E-state index in [9.17, 15) is 4.79 Å². The third-order valence-electron chi connectivity index (χ3n) is 4.36. The van der Waals surface area contributed by atoms with Gasteiger partial charge in [0.05, 0.1) is 4.88 Å². The van der Waals surface area contributed by atoms with Crippen LogP contribution in [0.25, 0.3) is 10.9 Å². The highest BCUT2D eigenvalue weighted by molar-refractivity contribution is 7.14. The lowest BCUT2D eigenvalue weighted by Crippen LogP contribution is -1.97. The second-order valence-electron chi connectivity index (χ2n) is 5.92. The molecule has 21 heavy (non-hydrogen) atoms. The van der Waals surface area contributed by atoms with Crippen molar-refractivity contribution in [3.05, 3.63) is 56.9 Å². The number of carbonyl (C=O) groups is 1. The highest BCUT2D eigenvalue weighted by Gasteiger charge is 2.21. The van der Waals surface area contributed by atoms with Crippen LogP contribution in [-0.2, 0) is 19.9 Å². The molecule has 0 saturated carbocycles. The van der Waals surface area contributed by atoms with Gasteiger partial charge in [-0.05, 0) is 49.4 Å². The van der Waals surface area contributed by atoms with Gasteiger partial charge in [0.15, 0.2) is 0 Å². The summed E-state index contributed by atoms with van der Waals surface area (Å²) in [5.41, 5.74) is 4.56. The minimum absolute atomic E-state index is 0.170. The molecule has 4 rings (SSSR count). The molecular weight excluding hydrogens is 278 g/mol. The zero-order valence-corrected chi connectivity index (χ0v) is 13.1. The standard InChI is InChI=1S/C18H17NOS/c1-11-6-7-13-14(10-19(2)15(13)8-11)18(20)17-9-12-4-3-5-16(12)21-17/h6-10H,3-5H2,1-2H3. The van der Waals surface area contributed by atoms with E-state index in [4.69, 9.17) is 0 Å². The second kappa shape index (κ2) is 4.57. The summed E-state index contributed by atoms with van der Waals surface area (Å²) in [6.07, 6.45) is 5.48. The molecule has 0 atom stereocenters. The minimum Gasteiger partial charge on any atom is -0.350 e. The van der Waals surface area contributed by atoms with Gasteiger partial charge in [-0.15, -0.1) is 11.3 Å². The van der Waals surface area contributed by atoms with Crippen molar-refractivity contribution >= 4 is 28.0 Å². The highest BCUT2D eigenvalue weighted by atomic mass is 32.1. The molecule has 2 heterocycles. The van der Waals surface area contributed by atoms with E-state index in [0.717, 1.165) is 34.2 Å². The third-order valence-corrected chi connectivity index (χ3v) is 5.60. The summed E-state index contributed by atoms with van der Waals surface area (Å²) in [6, 6.07) is 8.40. The number of rotatable bonds is 2. The van der Waals surface area contributed by atoms with Gasteiger partial charge in [-0.1, -0.05) is 12.1 Å². The van der Waals surface area contributed by atoms with E-state index < -0.39 is 0 Å². The first-order valence-electron chi connectivity index (χ1n) is 7.35. The monoisotopic (exact) mass is 295 g/mol. The molecule has 0 radical (unpaired) electrons. The van der Waals surface area contributed by atoms with E-state index in [1.807, 2.05) is 13.2 Å². The molecule has 0 bridgehead atoms. The SMILES string of the molecule is Cc1ccc2c(C(=O)c3cc4c(s3)CCC4)cn(C)c2c1. The lowest BCUT2D eigenvalue weighted by atomic mass is 10.1. The van der Waals surface area contributed by atoms with Crippen LogP contribution in [0.1, 0.15) is 37.7 Å². The molecule has 0 saturated heterocycles. The van der Waals surface area contributed by atoms with E-state index >= 15 is 0 Å². The van der Waals surface area contributed by atoms with Crippen LogP contribution in [0.4, 0.5) is 0 Å². The number of ketones is 1. The molecule has 0 aliphatic heterocycles. The molecule has 1 aliphatic rings. The Labute approximate surface area is 128 Å². The summed E-state index contributed by atoms with van der Waals surface area (Å²) in [5, 5.41) is 1.06. The Hall–Kier alpha value is -1.87. The van der Waals surface area contributed by atoms with Gasteiger partial charge >= 0.3 is 0 Å². The van der Waals surface area contributed by atoms with Gasteiger partial charge in [-0.3, -0.25) is 4.79 Å². The molecule has 0 spiro atoms. The zero-order valence-electron chi connectivity index (χ0n) is 12.3. The van der Waals surface area contributed by atoms with Crippen LogP contribution < -0.4 is 0 Å². The summed E-state index contributed by atoms with van der Waals surface area (Å²) >= 11 is 1.69. The summed E-state index contributed by atoms with van der Waals surface area (Å²) in [6.45, 7) is 2.08. The molecule has 0 amide bonds. The van der Waals surface area contributed by atoms with Crippen molar-refractivity contribution in [2.24, 2.45) is 7.05 Å². The average Bonchev–Trinajstić information content (AvgIpc) is 3.11. The number of fused-ring (bicyclic) bond motifs is 2. The predicted octanol–water partition coefficient (Wildman–Crippen LogP) is 4.27. The van der Waals surface area contributed by atoms with Gasteiger partial charge in [-0.25, -0.2) is 0 Å². The van der Waals surface area contributed by atoms with Crippen LogP contribution in [-0.4, -0.2) is 10.4 Å². The van der Waals surface area contributed by atoms with Crippen LogP contribution in [0.3, 0.4) is 0 Å². The molecule has 0 unspecified atom stereocenters. The number of hydrogen-bond donors (Lipinski definition) is 0. The van der Waals surface area contributed by atoms with Crippen LogP contribution in [0.2, 0.25) is 0 Å². The maximum atomic E-state index is 12.9. The number of nitrogens with zero attached hydrogens (tertiary/aromatic N) is 1. The van der Waals surface area contributed by atoms with Crippen LogP contribution in [0, 0.1) is 6.92 Å². The van der Waals surface area contributed by atoms with Gasteiger partial charge in [0, 0.05) is 34.6 Å². The molecular formula is C18H17NOS. The van der Waals surface area contributed by atoms with Crippen LogP contribution in [0.5, 0.6) is 0 Å². The largest absolute Gasteiger partial charge is 0.350 e. The first-order valence-corrected chi connectivity index (χ1v) is 8.17. The molecule has 2 nitrogen and oxygen atoms in total. The quantitative estimate of drug-likeness (QED) is 0.647. The number of hydrogen-bond acceptors (Lipinski definition) is 2. The number of benzene rings is 1.